The summed E-state index contributed by atoms with van der Waals surface area (Å²) in [6, 6.07) is 8.89. The van der Waals surface area contributed by atoms with Crippen molar-refractivity contribution in [2.24, 2.45) is 5.73 Å². The van der Waals surface area contributed by atoms with Crippen molar-refractivity contribution in [2.45, 2.75) is 24.2 Å². The lowest BCUT2D eigenvalue weighted by atomic mass is 10.2. The van der Waals surface area contributed by atoms with E-state index in [-0.39, 0.29) is 6.54 Å². The van der Waals surface area contributed by atoms with Crippen LogP contribution in [0, 0.1) is 6.92 Å². The average molecular weight is 345 g/mol. The van der Waals surface area contributed by atoms with E-state index in [1.807, 2.05) is 25.1 Å². The lowest BCUT2D eigenvalue weighted by Crippen LogP contribution is -2.25. The SMILES string of the molecule is Cc1cc(S(=O)(=O)N(C)Cc2ccccc2Cl)sc1CN. The Morgan fingerprint density at radius 3 is 2.57 bits per heavy atom. The monoisotopic (exact) mass is 344 g/mol. The first-order valence-electron chi connectivity index (χ1n) is 6.35. The molecule has 2 rings (SSSR count). The zero-order valence-corrected chi connectivity index (χ0v) is 14.2. The molecule has 21 heavy (non-hydrogen) atoms. The molecule has 7 heteroatoms. The van der Waals surface area contributed by atoms with E-state index in [9.17, 15) is 8.42 Å². The van der Waals surface area contributed by atoms with Crippen LogP contribution in [0.25, 0.3) is 0 Å². The van der Waals surface area contributed by atoms with Crippen LogP contribution in [0.1, 0.15) is 16.0 Å². The van der Waals surface area contributed by atoms with Crippen molar-refractivity contribution in [3.63, 3.8) is 0 Å². The molecule has 0 aliphatic heterocycles. The molecule has 0 fully saturated rings. The molecule has 0 amide bonds. The first kappa shape index (κ1) is 16.5. The van der Waals surface area contributed by atoms with Gasteiger partial charge < -0.3 is 5.73 Å². The maximum atomic E-state index is 12.6. The number of hydrogen-bond acceptors (Lipinski definition) is 4. The highest BCUT2D eigenvalue weighted by Gasteiger charge is 2.24. The fraction of sp³-hybridized carbons (Fsp3) is 0.286. The summed E-state index contributed by atoms with van der Waals surface area (Å²) in [7, 11) is -1.98. The van der Waals surface area contributed by atoms with Gasteiger partial charge >= 0.3 is 0 Å². The molecule has 0 aliphatic carbocycles. The molecule has 0 aliphatic rings. The van der Waals surface area contributed by atoms with Gasteiger partial charge in [0.05, 0.1) is 0 Å². The summed E-state index contributed by atoms with van der Waals surface area (Å²) in [5.74, 6) is 0. The van der Waals surface area contributed by atoms with Crippen LogP contribution in [-0.2, 0) is 23.1 Å². The molecule has 0 unspecified atom stereocenters. The second-order valence-corrected chi connectivity index (χ2v) is 8.54. The van der Waals surface area contributed by atoms with Crippen LogP contribution in [0.15, 0.2) is 34.5 Å². The lowest BCUT2D eigenvalue weighted by Gasteiger charge is -2.16. The van der Waals surface area contributed by atoms with Crippen molar-refractivity contribution in [3.05, 3.63) is 51.4 Å². The van der Waals surface area contributed by atoms with Crippen LogP contribution in [-0.4, -0.2) is 19.8 Å². The van der Waals surface area contributed by atoms with E-state index >= 15 is 0 Å². The molecular formula is C14H17ClN2O2S2. The quantitative estimate of drug-likeness (QED) is 0.906. The Morgan fingerprint density at radius 1 is 1.33 bits per heavy atom. The summed E-state index contributed by atoms with van der Waals surface area (Å²) in [6.45, 7) is 2.45. The topological polar surface area (TPSA) is 63.4 Å². The van der Waals surface area contributed by atoms with Gasteiger partial charge in [0.2, 0.25) is 0 Å². The van der Waals surface area contributed by atoms with Gasteiger partial charge in [-0.3, -0.25) is 0 Å². The van der Waals surface area contributed by atoms with Crippen molar-refractivity contribution in [3.8, 4) is 0 Å². The summed E-state index contributed by atoms with van der Waals surface area (Å²) < 4.78 is 26.8. The van der Waals surface area contributed by atoms with Crippen LogP contribution in [0.2, 0.25) is 5.02 Å². The van der Waals surface area contributed by atoms with Gasteiger partial charge in [-0.15, -0.1) is 11.3 Å². The van der Waals surface area contributed by atoms with Crippen LogP contribution in [0.3, 0.4) is 0 Å². The molecule has 0 atom stereocenters. The van der Waals surface area contributed by atoms with Crippen molar-refractivity contribution in [1.29, 1.82) is 0 Å². The Balaban J connectivity index is 2.28. The highest BCUT2D eigenvalue weighted by atomic mass is 35.5. The molecule has 0 spiro atoms. The van der Waals surface area contributed by atoms with E-state index in [1.165, 1.54) is 15.6 Å². The Labute approximate surface area is 134 Å². The second kappa shape index (κ2) is 6.46. The molecule has 2 N–H and O–H groups in total. The highest BCUT2D eigenvalue weighted by Crippen LogP contribution is 2.29. The fourth-order valence-electron chi connectivity index (χ4n) is 1.92. The van der Waals surface area contributed by atoms with Gasteiger partial charge in [0.1, 0.15) is 4.21 Å². The first-order valence-corrected chi connectivity index (χ1v) is 8.99. The predicted octanol–water partition coefficient (Wildman–Crippen LogP) is 2.99. The first-order chi connectivity index (χ1) is 9.86. The van der Waals surface area contributed by atoms with Crippen LogP contribution < -0.4 is 5.73 Å². The minimum absolute atomic E-state index is 0.233. The number of aryl methyl sites for hydroxylation is 1. The van der Waals surface area contributed by atoms with E-state index in [2.05, 4.69) is 0 Å². The third-order valence-corrected chi connectivity index (χ3v) is 7.08. The third kappa shape index (κ3) is 3.46. The van der Waals surface area contributed by atoms with Crippen LogP contribution in [0.4, 0.5) is 0 Å². The molecule has 0 radical (unpaired) electrons. The minimum Gasteiger partial charge on any atom is -0.326 e. The minimum atomic E-state index is -3.53. The number of halogens is 1. The van der Waals surface area contributed by atoms with E-state index in [0.717, 1.165) is 16.0 Å². The summed E-state index contributed by atoms with van der Waals surface area (Å²) in [5, 5.41) is 0.560. The zero-order valence-electron chi connectivity index (χ0n) is 11.8. The number of rotatable bonds is 5. The van der Waals surface area contributed by atoms with Crippen molar-refractivity contribution in [1.82, 2.24) is 4.31 Å². The molecule has 0 saturated carbocycles. The van der Waals surface area contributed by atoms with E-state index < -0.39 is 10.0 Å². The number of nitrogens with two attached hydrogens (primary N) is 1. The van der Waals surface area contributed by atoms with Gasteiger partial charge in [-0.1, -0.05) is 29.8 Å². The molecule has 1 heterocycles. The average Bonchev–Trinajstić information content (AvgIpc) is 2.83. The smallest absolute Gasteiger partial charge is 0.252 e. The van der Waals surface area contributed by atoms with Crippen molar-refractivity contribution < 1.29 is 8.42 Å². The number of benzene rings is 1. The van der Waals surface area contributed by atoms with Gasteiger partial charge in [0.15, 0.2) is 0 Å². The standard InChI is InChI=1S/C14H17ClN2O2S2/c1-10-7-14(20-13(10)8-16)21(18,19)17(2)9-11-5-3-4-6-12(11)15/h3-7H,8-9,16H2,1-2H3. The molecule has 0 bridgehead atoms. The number of thiophene rings is 1. The Hall–Kier alpha value is -0.920. The third-order valence-electron chi connectivity index (χ3n) is 3.20. The number of sulfonamides is 1. The van der Waals surface area contributed by atoms with Crippen LogP contribution in [0.5, 0.6) is 0 Å². The molecule has 114 valence electrons. The Bertz CT molecular complexity index is 741. The summed E-state index contributed by atoms with van der Waals surface area (Å²) >= 11 is 7.30. The predicted molar refractivity (Wildman–Crippen MR) is 87.1 cm³/mol. The number of nitrogens with zero attached hydrogens (tertiary/aromatic N) is 1. The molecule has 1 aromatic carbocycles. The van der Waals surface area contributed by atoms with E-state index in [0.29, 0.717) is 15.8 Å². The molecule has 2 aromatic rings. The lowest BCUT2D eigenvalue weighted by molar-refractivity contribution is 0.468. The molecule has 0 saturated heterocycles. The zero-order chi connectivity index (χ0) is 15.6. The van der Waals surface area contributed by atoms with Gasteiger partial charge in [-0.2, -0.15) is 4.31 Å². The Kier molecular flexibility index (Phi) is 5.06. The van der Waals surface area contributed by atoms with Crippen molar-refractivity contribution >= 4 is 33.0 Å². The summed E-state index contributed by atoms with van der Waals surface area (Å²) in [6.07, 6.45) is 0. The van der Waals surface area contributed by atoms with Crippen molar-refractivity contribution in [2.75, 3.05) is 7.05 Å². The van der Waals surface area contributed by atoms with Gasteiger partial charge in [-0.05, 0) is 30.2 Å². The van der Waals surface area contributed by atoms with Gasteiger partial charge in [0.25, 0.3) is 10.0 Å². The summed E-state index contributed by atoms with van der Waals surface area (Å²) in [4.78, 5) is 0.889. The number of hydrogen-bond donors (Lipinski definition) is 1. The van der Waals surface area contributed by atoms with Gasteiger partial charge in [-0.25, -0.2) is 8.42 Å². The van der Waals surface area contributed by atoms with E-state index in [1.54, 1.807) is 19.2 Å². The molecular weight excluding hydrogens is 328 g/mol. The molecule has 4 nitrogen and oxygen atoms in total. The normalized spacial score (nSPS) is 12.0. The summed E-state index contributed by atoms with van der Waals surface area (Å²) in [5.41, 5.74) is 7.30. The molecule has 1 aromatic heterocycles. The second-order valence-electron chi connectivity index (χ2n) is 4.73. The maximum Gasteiger partial charge on any atom is 0.252 e. The van der Waals surface area contributed by atoms with Crippen LogP contribution >= 0.6 is 22.9 Å². The fourth-order valence-corrected chi connectivity index (χ4v) is 4.95. The Morgan fingerprint density at radius 2 is 2.00 bits per heavy atom. The highest BCUT2D eigenvalue weighted by molar-refractivity contribution is 7.91. The largest absolute Gasteiger partial charge is 0.326 e. The van der Waals surface area contributed by atoms with Gasteiger partial charge in [0, 0.05) is 30.0 Å². The maximum absolute atomic E-state index is 12.6. The van der Waals surface area contributed by atoms with E-state index in [4.69, 9.17) is 17.3 Å².